The number of fused-ring (bicyclic) bond motifs is 1. The summed E-state index contributed by atoms with van der Waals surface area (Å²) in [6.45, 7) is 5.21. The number of urea groups is 1. The number of ether oxygens (including phenoxy) is 2. The molecule has 6 nitrogen and oxygen atoms in total. The number of halogens is 1. The van der Waals surface area contributed by atoms with Crippen molar-refractivity contribution in [2.75, 3.05) is 0 Å². The van der Waals surface area contributed by atoms with Crippen molar-refractivity contribution in [2.24, 2.45) is 0 Å². The molecule has 2 amide bonds. The van der Waals surface area contributed by atoms with Gasteiger partial charge in [0.1, 0.15) is 17.3 Å². The highest BCUT2D eigenvalue weighted by atomic mass is 19.1. The van der Waals surface area contributed by atoms with Crippen LogP contribution in [0.15, 0.2) is 42.5 Å². The summed E-state index contributed by atoms with van der Waals surface area (Å²) in [5.41, 5.74) is 0.401. The lowest BCUT2D eigenvalue weighted by Crippen LogP contribution is -2.69. The van der Waals surface area contributed by atoms with Gasteiger partial charge in [0.15, 0.2) is 5.72 Å². The number of esters is 1. The molecule has 2 aliphatic rings. The quantitative estimate of drug-likeness (QED) is 0.595. The molecular weight excluding hydrogens is 375 g/mol. The minimum atomic E-state index is -0.938. The molecule has 1 fully saturated rings. The van der Waals surface area contributed by atoms with Crippen molar-refractivity contribution >= 4 is 12.0 Å². The minimum absolute atomic E-state index is 0.125. The number of hydrogen-bond donors (Lipinski definition) is 2. The van der Waals surface area contributed by atoms with Crippen molar-refractivity contribution in [1.82, 2.24) is 10.6 Å². The largest absolute Gasteiger partial charge is 0.467 e. The van der Waals surface area contributed by atoms with E-state index in [-0.39, 0.29) is 17.8 Å². The van der Waals surface area contributed by atoms with Crippen LogP contribution in [0.1, 0.15) is 50.7 Å². The molecular formula is C22H23FN2O4. The van der Waals surface area contributed by atoms with E-state index in [9.17, 15) is 14.0 Å². The van der Waals surface area contributed by atoms with Gasteiger partial charge in [-0.1, -0.05) is 18.2 Å². The number of benzene rings is 2. The van der Waals surface area contributed by atoms with Gasteiger partial charge in [-0.3, -0.25) is 4.79 Å². The summed E-state index contributed by atoms with van der Waals surface area (Å²) < 4.78 is 25.0. The van der Waals surface area contributed by atoms with Crippen LogP contribution in [-0.2, 0) is 4.79 Å². The first-order valence-electron chi connectivity index (χ1n) is 9.52. The van der Waals surface area contributed by atoms with Gasteiger partial charge in [-0.2, -0.15) is 0 Å². The smallest absolute Gasteiger partial charge is 0.318 e. The standard InChI is InChI=1S/C22H23FN2O4/c1-13(26)28-16-8-9-17-18(14-4-6-15(23)7-5-14)11-22(29-19(17)10-16)12-21(2,3)24-20(27)25-22/h4-10,18H,11-12H2,1-3H3,(H2,24,25,27)/t18-,22-/m0/s1. The fraction of sp³-hybridized carbons (Fsp3) is 0.364. The normalized spacial score (nSPS) is 24.7. The number of nitrogens with one attached hydrogen (secondary N) is 2. The second-order valence-electron chi connectivity index (χ2n) is 8.34. The molecule has 1 saturated heterocycles. The van der Waals surface area contributed by atoms with Gasteiger partial charge in [-0.25, -0.2) is 9.18 Å². The van der Waals surface area contributed by atoms with E-state index >= 15 is 0 Å². The predicted molar refractivity (Wildman–Crippen MR) is 104 cm³/mol. The summed E-state index contributed by atoms with van der Waals surface area (Å²) in [5.74, 6) is 0.0343. The Morgan fingerprint density at radius 2 is 1.90 bits per heavy atom. The lowest BCUT2D eigenvalue weighted by Gasteiger charge is -2.49. The first-order chi connectivity index (χ1) is 13.6. The molecule has 0 aromatic heterocycles. The van der Waals surface area contributed by atoms with E-state index in [4.69, 9.17) is 9.47 Å². The van der Waals surface area contributed by atoms with Gasteiger partial charge in [0.2, 0.25) is 0 Å². The van der Waals surface area contributed by atoms with E-state index in [0.29, 0.717) is 24.3 Å². The fourth-order valence-electron chi connectivity index (χ4n) is 4.34. The summed E-state index contributed by atoms with van der Waals surface area (Å²) in [5, 5.41) is 5.85. The molecule has 152 valence electrons. The Hall–Kier alpha value is -3.09. The number of rotatable bonds is 2. The van der Waals surface area contributed by atoms with E-state index in [1.165, 1.54) is 19.1 Å². The third kappa shape index (κ3) is 3.90. The van der Waals surface area contributed by atoms with Crippen molar-refractivity contribution in [3.8, 4) is 11.5 Å². The average Bonchev–Trinajstić information content (AvgIpc) is 2.59. The molecule has 2 aliphatic heterocycles. The Labute approximate surface area is 168 Å². The van der Waals surface area contributed by atoms with Crippen LogP contribution >= 0.6 is 0 Å². The number of carbonyl (C=O) groups is 2. The first kappa shape index (κ1) is 19.2. The number of hydrogen-bond acceptors (Lipinski definition) is 4. The summed E-state index contributed by atoms with van der Waals surface area (Å²) in [4.78, 5) is 23.7. The lowest BCUT2D eigenvalue weighted by atomic mass is 9.77. The molecule has 0 aliphatic carbocycles. The molecule has 0 unspecified atom stereocenters. The topological polar surface area (TPSA) is 76.7 Å². The molecule has 2 aromatic rings. The maximum Gasteiger partial charge on any atom is 0.318 e. The SMILES string of the molecule is CC(=O)Oc1ccc2c(c1)O[C@@]1(C[C@H]2c2ccc(F)cc2)CC(C)(C)NC(=O)N1. The Morgan fingerprint density at radius 3 is 2.55 bits per heavy atom. The van der Waals surface area contributed by atoms with Gasteiger partial charge in [0.05, 0.1) is 0 Å². The summed E-state index contributed by atoms with van der Waals surface area (Å²) >= 11 is 0. The van der Waals surface area contributed by atoms with Crippen LogP contribution in [0.2, 0.25) is 0 Å². The Morgan fingerprint density at radius 1 is 1.17 bits per heavy atom. The molecule has 0 saturated carbocycles. The van der Waals surface area contributed by atoms with E-state index in [0.717, 1.165) is 11.1 Å². The van der Waals surface area contributed by atoms with Crippen molar-refractivity contribution in [1.29, 1.82) is 0 Å². The second-order valence-corrected chi connectivity index (χ2v) is 8.34. The molecule has 2 heterocycles. The van der Waals surface area contributed by atoms with Gasteiger partial charge in [-0.05, 0) is 37.6 Å². The molecule has 1 spiro atoms. The zero-order chi connectivity index (χ0) is 20.8. The van der Waals surface area contributed by atoms with Crippen LogP contribution in [0.4, 0.5) is 9.18 Å². The molecule has 7 heteroatoms. The van der Waals surface area contributed by atoms with Crippen molar-refractivity contribution in [3.63, 3.8) is 0 Å². The molecule has 0 bridgehead atoms. The van der Waals surface area contributed by atoms with Gasteiger partial charge in [0, 0.05) is 42.9 Å². The third-order valence-corrected chi connectivity index (χ3v) is 5.25. The van der Waals surface area contributed by atoms with Crippen molar-refractivity contribution in [3.05, 3.63) is 59.4 Å². The van der Waals surface area contributed by atoms with Gasteiger partial charge in [-0.15, -0.1) is 0 Å². The molecule has 2 atom stereocenters. The summed E-state index contributed by atoms with van der Waals surface area (Å²) in [7, 11) is 0. The predicted octanol–water partition coefficient (Wildman–Crippen LogP) is 3.84. The van der Waals surface area contributed by atoms with Crippen LogP contribution < -0.4 is 20.1 Å². The maximum atomic E-state index is 13.5. The molecule has 29 heavy (non-hydrogen) atoms. The van der Waals surface area contributed by atoms with Gasteiger partial charge < -0.3 is 20.1 Å². The Balaban J connectivity index is 1.80. The van der Waals surface area contributed by atoms with Gasteiger partial charge >= 0.3 is 12.0 Å². The van der Waals surface area contributed by atoms with E-state index in [2.05, 4.69) is 10.6 Å². The highest BCUT2D eigenvalue weighted by Crippen LogP contribution is 2.47. The Kier molecular flexibility index (Phi) is 4.48. The lowest BCUT2D eigenvalue weighted by molar-refractivity contribution is -0.131. The summed E-state index contributed by atoms with van der Waals surface area (Å²) in [6.07, 6.45) is 1.02. The van der Waals surface area contributed by atoms with E-state index < -0.39 is 17.2 Å². The summed E-state index contributed by atoms with van der Waals surface area (Å²) in [6, 6.07) is 11.3. The fourth-order valence-corrected chi connectivity index (χ4v) is 4.34. The average molecular weight is 398 g/mol. The molecule has 2 aromatic carbocycles. The van der Waals surface area contributed by atoms with Crippen LogP contribution in [0.5, 0.6) is 11.5 Å². The highest BCUT2D eigenvalue weighted by molar-refractivity contribution is 5.77. The Bertz CT molecular complexity index is 973. The molecule has 2 N–H and O–H groups in total. The maximum absolute atomic E-state index is 13.5. The zero-order valence-corrected chi connectivity index (χ0v) is 16.5. The van der Waals surface area contributed by atoms with Crippen LogP contribution in [0.25, 0.3) is 0 Å². The van der Waals surface area contributed by atoms with Crippen LogP contribution in [-0.4, -0.2) is 23.3 Å². The molecule has 0 radical (unpaired) electrons. The highest BCUT2D eigenvalue weighted by Gasteiger charge is 2.49. The second kappa shape index (κ2) is 6.76. The van der Waals surface area contributed by atoms with Gasteiger partial charge in [0.25, 0.3) is 0 Å². The van der Waals surface area contributed by atoms with E-state index in [1.54, 1.807) is 24.3 Å². The molecule has 4 rings (SSSR count). The monoisotopic (exact) mass is 398 g/mol. The van der Waals surface area contributed by atoms with Crippen LogP contribution in [0, 0.1) is 5.82 Å². The van der Waals surface area contributed by atoms with Crippen molar-refractivity contribution < 1.29 is 23.5 Å². The van der Waals surface area contributed by atoms with E-state index in [1.807, 2.05) is 19.9 Å². The van der Waals surface area contributed by atoms with Crippen molar-refractivity contribution in [2.45, 2.75) is 50.8 Å². The minimum Gasteiger partial charge on any atom is -0.467 e. The van der Waals surface area contributed by atoms with Crippen LogP contribution in [0.3, 0.4) is 0 Å². The first-order valence-corrected chi connectivity index (χ1v) is 9.52. The zero-order valence-electron chi connectivity index (χ0n) is 16.5. The number of amides is 2. The third-order valence-electron chi connectivity index (χ3n) is 5.25. The number of carbonyl (C=O) groups excluding carboxylic acids is 2.